The standard InChI is InChI=1S/C15H18N2O3/c1-3-20-15(19)9-8-13(18)11-17(2)14-7-5-4-6-12(14)10-16/h4-7H,3,8-9,11H2,1-2H3. The normalized spacial score (nSPS) is 9.65. The van der Waals surface area contributed by atoms with Crippen molar-refractivity contribution < 1.29 is 14.3 Å². The summed E-state index contributed by atoms with van der Waals surface area (Å²) in [5.74, 6) is -0.422. The number of hydrogen-bond donors (Lipinski definition) is 0. The number of esters is 1. The zero-order chi connectivity index (χ0) is 15.0. The maximum absolute atomic E-state index is 11.8. The highest BCUT2D eigenvalue weighted by molar-refractivity contribution is 5.86. The number of anilines is 1. The van der Waals surface area contributed by atoms with E-state index in [1.807, 2.05) is 6.07 Å². The first-order valence-corrected chi connectivity index (χ1v) is 6.46. The molecule has 0 amide bonds. The Hall–Kier alpha value is -2.35. The highest BCUT2D eigenvalue weighted by Gasteiger charge is 2.12. The fourth-order valence-electron chi connectivity index (χ4n) is 1.80. The third kappa shape index (κ3) is 4.73. The van der Waals surface area contributed by atoms with E-state index >= 15 is 0 Å². The minimum atomic E-state index is -0.360. The molecule has 5 heteroatoms. The summed E-state index contributed by atoms with van der Waals surface area (Å²) in [6, 6.07) is 9.17. The lowest BCUT2D eigenvalue weighted by molar-refractivity contribution is -0.144. The Morgan fingerprint density at radius 3 is 2.65 bits per heavy atom. The topological polar surface area (TPSA) is 70.4 Å². The number of Topliss-reactive ketones (excluding diaryl/α,β-unsaturated/α-hetero) is 1. The Morgan fingerprint density at radius 2 is 2.00 bits per heavy atom. The van der Waals surface area contributed by atoms with Crippen molar-refractivity contribution in [2.45, 2.75) is 19.8 Å². The zero-order valence-electron chi connectivity index (χ0n) is 11.8. The van der Waals surface area contributed by atoms with Crippen LogP contribution in [-0.4, -0.2) is 32.0 Å². The van der Waals surface area contributed by atoms with E-state index in [-0.39, 0.29) is 31.1 Å². The van der Waals surface area contributed by atoms with E-state index in [0.29, 0.717) is 17.9 Å². The summed E-state index contributed by atoms with van der Waals surface area (Å²) in [5, 5.41) is 9.01. The maximum Gasteiger partial charge on any atom is 0.306 e. The van der Waals surface area contributed by atoms with Gasteiger partial charge in [0, 0.05) is 13.5 Å². The van der Waals surface area contributed by atoms with Gasteiger partial charge in [0.25, 0.3) is 0 Å². The molecule has 5 nitrogen and oxygen atoms in total. The number of benzene rings is 1. The van der Waals surface area contributed by atoms with Crippen LogP contribution in [-0.2, 0) is 14.3 Å². The molecule has 0 N–H and O–H groups in total. The van der Waals surface area contributed by atoms with Gasteiger partial charge in [-0.3, -0.25) is 9.59 Å². The van der Waals surface area contributed by atoms with Crippen LogP contribution in [0.5, 0.6) is 0 Å². The van der Waals surface area contributed by atoms with Gasteiger partial charge < -0.3 is 9.64 Å². The van der Waals surface area contributed by atoms with Crippen LogP contribution in [0.25, 0.3) is 0 Å². The third-order valence-corrected chi connectivity index (χ3v) is 2.76. The minimum absolute atomic E-state index is 0.0618. The molecule has 0 spiro atoms. The molecule has 0 radical (unpaired) electrons. The number of hydrogen-bond acceptors (Lipinski definition) is 5. The number of carbonyl (C=O) groups excluding carboxylic acids is 2. The molecule has 0 aliphatic heterocycles. The Bertz CT molecular complexity index is 520. The van der Waals surface area contributed by atoms with Crippen LogP contribution in [0.4, 0.5) is 5.69 Å². The van der Waals surface area contributed by atoms with Crippen molar-refractivity contribution in [1.82, 2.24) is 0 Å². The van der Waals surface area contributed by atoms with Crippen molar-refractivity contribution in [2.75, 3.05) is 25.1 Å². The van der Waals surface area contributed by atoms with Crippen LogP contribution in [0.15, 0.2) is 24.3 Å². The fraction of sp³-hybridized carbons (Fsp3) is 0.400. The van der Waals surface area contributed by atoms with Crippen molar-refractivity contribution >= 4 is 17.4 Å². The van der Waals surface area contributed by atoms with Gasteiger partial charge >= 0.3 is 5.97 Å². The molecule has 1 rings (SSSR count). The molecule has 0 saturated heterocycles. The van der Waals surface area contributed by atoms with Gasteiger partial charge in [-0.25, -0.2) is 0 Å². The second-order valence-corrected chi connectivity index (χ2v) is 4.33. The lowest BCUT2D eigenvalue weighted by Gasteiger charge is -2.19. The number of nitriles is 1. The molecule has 0 atom stereocenters. The molecule has 0 fully saturated rings. The van der Waals surface area contributed by atoms with Gasteiger partial charge in [0.05, 0.1) is 30.8 Å². The van der Waals surface area contributed by atoms with Crippen LogP contribution < -0.4 is 4.90 Å². The zero-order valence-corrected chi connectivity index (χ0v) is 11.8. The first-order chi connectivity index (χ1) is 9.58. The molecule has 0 heterocycles. The van der Waals surface area contributed by atoms with Crippen LogP contribution in [0.2, 0.25) is 0 Å². The summed E-state index contributed by atoms with van der Waals surface area (Å²) in [6.45, 7) is 2.22. The van der Waals surface area contributed by atoms with Crippen LogP contribution in [0.3, 0.4) is 0 Å². The summed E-state index contributed by atoms with van der Waals surface area (Å²) in [6.07, 6.45) is 0.248. The second-order valence-electron chi connectivity index (χ2n) is 4.33. The first kappa shape index (κ1) is 15.7. The van der Waals surface area contributed by atoms with E-state index in [1.54, 1.807) is 37.1 Å². The Kier molecular flexibility index (Phi) is 6.24. The summed E-state index contributed by atoms with van der Waals surface area (Å²) in [7, 11) is 1.75. The molecule has 20 heavy (non-hydrogen) atoms. The lowest BCUT2D eigenvalue weighted by atomic mass is 10.1. The average molecular weight is 274 g/mol. The van der Waals surface area contributed by atoms with E-state index < -0.39 is 0 Å². The number of carbonyl (C=O) groups is 2. The van der Waals surface area contributed by atoms with Crippen LogP contribution >= 0.6 is 0 Å². The van der Waals surface area contributed by atoms with Gasteiger partial charge in [0.2, 0.25) is 0 Å². The Balaban J connectivity index is 2.54. The third-order valence-electron chi connectivity index (χ3n) is 2.76. The number of rotatable bonds is 7. The molecule has 0 aliphatic rings. The van der Waals surface area contributed by atoms with Gasteiger partial charge in [0.15, 0.2) is 5.78 Å². The quantitative estimate of drug-likeness (QED) is 0.710. The van der Waals surface area contributed by atoms with E-state index in [0.717, 1.165) is 0 Å². The van der Waals surface area contributed by atoms with Crippen molar-refractivity contribution in [2.24, 2.45) is 0 Å². The SMILES string of the molecule is CCOC(=O)CCC(=O)CN(C)c1ccccc1C#N. The highest BCUT2D eigenvalue weighted by atomic mass is 16.5. The van der Waals surface area contributed by atoms with Crippen LogP contribution in [0, 0.1) is 11.3 Å². The van der Waals surface area contributed by atoms with E-state index in [4.69, 9.17) is 10.00 Å². The van der Waals surface area contributed by atoms with Crippen molar-refractivity contribution in [3.05, 3.63) is 29.8 Å². The largest absolute Gasteiger partial charge is 0.466 e. The Labute approximate surface area is 118 Å². The lowest BCUT2D eigenvalue weighted by Crippen LogP contribution is -2.26. The fourth-order valence-corrected chi connectivity index (χ4v) is 1.80. The van der Waals surface area contributed by atoms with Crippen molar-refractivity contribution in [1.29, 1.82) is 5.26 Å². The molecule has 1 aromatic rings. The number of para-hydroxylation sites is 1. The monoisotopic (exact) mass is 274 g/mol. The predicted molar refractivity (Wildman–Crippen MR) is 75.3 cm³/mol. The maximum atomic E-state index is 11.8. The summed E-state index contributed by atoms with van der Waals surface area (Å²) in [5.41, 5.74) is 1.23. The average Bonchev–Trinajstić information content (AvgIpc) is 2.45. The smallest absolute Gasteiger partial charge is 0.306 e. The molecular weight excluding hydrogens is 256 g/mol. The number of nitrogens with zero attached hydrogens (tertiary/aromatic N) is 2. The number of ketones is 1. The summed E-state index contributed by atoms with van der Waals surface area (Å²) in [4.78, 5) is 24.7. The molecule has 0 saturated carbocycles. The van der Waals surface area contributed by atoms with Gasteiger partial charge in [-0.2, -0.15) is 5.26 Å². The van der Waals surface area contributed by atoms with Crippen LogP contribution in [0.1, 0.15) is 25.3 Å². The van der Waals surface area contributed by atoms with E-state index in [9.17, 15) is 9.59 Å². The molecule has 106 valence electrons. The van der Waals surface area contributed by atoms with E-state index in [1.165, 1.54) is 0 Å². The van der Waals surface area contributed by atoms with Gasteiger partial charge in [-0.15, -0.1) is 0 Å². The summed E-state index contributed by atoms with van der Waals surface area (Å²) >= 11 is 0. The van der Waals surface area contributed by atoms with E-state index in [2.05, 4.69) is 6.07 Å². The summed E-state index contributed by atoms with van der Waals surface area (Å²) < 4.78 is 4.77. The Morgan fingerprint density at radius 1 is 1.30 bits per heavy atom. The molecule has 0 aliphatic carbocycles. The molecule has 0 aromatic heterocycles. The molecular formula is C15H18N2O3. The highest BCUT2D eigenvalue weighted by Crippen LogP contribution is 2.17. The van der Waals surface area contributed by atoms with Gasteiger partial charge in [-0.1, -0.05) is 12.1 Å². The molecule has 0 bridgehead atoms. The van der Waals surface area contributed by atoms with Gasteiger partial charge in [0.1, 0.15) is 6.07 Å². The second kappa shape index (κ2) is 7.95. The predicted octanol–water partition coefficient (Wildman–Crippen LogP) is 1.91. The molecule has 0 unspecified atom stereocenters. The molecule has 1 aromatic carbocycles. The van der Waals surface area contributed by atoms with Crippen molar-refractivity contribution in [3.8, 4) is 6.07 Å². The number of ether oxygens (including phenoxy) is 1. The first-order valence-electron chi connectivity index (χ1n) is 6.46. The van der Waals surface area contributed by atoms with Gasteiger partial charge in [-0.05, 0) is 19.1 Å². The minimum Gasteiger partial charge on any atom is -0.466 e. The number of likely N-dealkylation sites (N-methyl/N-ethyl adjacent to an activating group) is 1. The van der Waals surface area contributed by atoms with Crippen molar-refractivity contribution in [3.63, 3.8) is 0 Å².